The molecule has 0 fully saturated rings. The van der Waals surface area contributed by atoms with Crippen LogP contribution in [0.2, 0.25) is 0 Å². The smallest absolute Gasteiger partial charge is 0.388 e. The maximum atomic E-state index is 6.94. The van der Waals surface area contributed by atoms with Crippen molar-refractivity contribution in [3.8, 4) is 0 Å². The van der Waals surface area contributed by atoms with Gasteiger partial charge in [0.1, 0.15) is 0 Å². The highest BCUT2D eigenvalue weighted by molar-refractivity contribution is 9.10. The fourth-order valence-electron chi connectivity index (χ4n) is 9.65. The molecule has 0 aliphatic heterocycles. The van der Waals surface area contributed by atoms with Crippen molar-refractivity contribution in [1.29, 1.82) is 0 Å². The molecule has 12 aromatic rings. The van der Waals surface area contributed by atoms with Gasteiger partial charge in [0.15, 0.2) is 0 Å². The Hall–Kier alpha value is -5.62. The van der Waals surface area contributed by atoms with Gasteiger partial charge in [-0.2, -0.15) is 0 Å². The summed E-state index contributed by atoms with van der Waals surface area (Å²) >= 11 is 3.64. The first-order valence-electron chi connectivity index (χ1n) is 19.5. The molecule has 0 aliphatic carbocycles. The quantitative estimate of drug-likeness (QED) is 0.123. The second-order valence-corrected chi connectivity index (χ2v) is 18.6. The van der Waals surface area contributed by atoms with E-state index in [-0.39, 0.29) is 0 Å². The molecule has 0 aromatic heterocycles. The Morgan fingerprint density at radius 3 is 1.00 bits per heavy atom. The lowest BCUT2D eigenvalue weighted by Crippen LogP contribution is -2.63. The first-order valence-corrected chi connectivity index (χ1v) is 22.1. The molecule has 4 heteroatoms. The lowest BCUT2D eigenvalue weighted by atomic mass is 9.94. The molecule has 0 amide bonds. The van der Waals surface area contributed by atoms with E-state index in [1.165, 1.54) is 112 Å². The van der Waals surface area contributed by atoms with Crippen LogP contribution in [0.4, 0.5) is 0 Å². The Morgan fingerprint density at radius 1 is 0.339 bits per heavy atom. The van der Waals surface area contributed by atoms with Crippen molar-refractivity contribution in [1.82, 2.24) is 0 Å². The highest BCUT2D eigenvalue weighted by Crippen LogP contribution is 2.39. The molecule has 0 N–H and O–H groups in total. The minimum Gasteiger partial charge on any atom is -0.388 e. The van der Waals surface area contributed by atoms with Crippen molar-refractivity contribution in [2.24, 2.45) is 0 Å². The largest absolute Gasteiger partial charge is 0.408 e. The van der Waals surface area contributed by atoms with E-state index in [9.17, 15) is 0 Å². The Bertz CT molecular complexity index is 3220. The molecule has 268 valence electrons. The minimum absolute atomic E-state index is 0.580. The molecule has 0 saturated heterocycles. The summed E-state index contributed by atoms with van der Waals surface area (Å²) in [7, 11) is -3.13. The average Bonchev–Trinajstić information content (AvgIpc) is 3.24. The van der Waals surface area contributed by atoms with Gasteiger partial charge in [-0.1, -0.05) is 174 Å². The van der Waals surface area contributed by atoms with Crippen molar-refractivity contribution in [3.63, 3.8) is 0 Å². The van der Waals surface area contributed by atoms with Gasteiger partial charge in [0.2, 0.25) is 0 Å². The molecule has 0 atom stereocenters. The van der Waals surface area contributed by atoms with Crippen molar-refractivity contribution in [2.75, 3.05) is 13.2 Å². The molecule has 0 saturated carbocycles. The van der Waals surface area contributed by atoms with Crippen molar-refractivity contribution in [2.45, 2.75) is 13.8 Å². The Labute approximate surface area is 334 Å². The van der Waals surface area contributed by atoms with Crippen LogP contribution in [-0.2, 0) is 8.85 Å². The third-order valence-corrected chi connectivity index (χ3v) is 16.3. The van der Waals surface area contributed by atoms with Gasteiger partial charge in [-0.3, -0.25) is 0 Å². The van der Waals surface area contributed by atoms with Gasteiger partial charge in [0.25, 0.3) is 0 Å². The zero-order valence-electron chi connectivity index (χ0n) is 31.2. The molecule has 2 nitrogen and oxygen atoms in total. The van der Waals surface area contributed by atoms with Crippen LogP contribution >= 0.6 is 15.9 Å². The van der Waals surface area contributed by atoms with Crippen LogP contribution in [-0.4, -0.2) is 21.8 Å². The molecule has 0 aliphatic rings. The number of hydrogen-bond donors (Lipinski definition) is 0. The highest BCUT2D eigenvalue weighted by Gasteiger charge is 2.45. The van der Waals surface area contributed by atoms with Crippen molar-refractivity contribution in [3.05, 3.63) is 168 Å². The summed E-state index contributed by atoms with van der Waals surface area (Å²) < 4.78 is 15.0. The van der Waals surface area contributed by atoms with Crippen LogP contribution in [0, 0.1) is 0 Å². The first-order chi connectivity index (χ1) is 27.6. The molecular weight excluding hydrogens is 765 g/mol. The molecule has 0 spiro atoms. The topological polar surface area (TPSA) is 18.5 Å². The van der Waals surface area contributed by atoms with E-state index in [1.807, 2.05) is 0 Å². The zero-order chi connectivity index (χ0) is 37.5. The predicted octanol–water partition coefficient (Wildman–Crippen LogP) is 13.5. The van der Waals surface area contributed by atoms with Crippen LogP contribution in [0.25, 0.3) is 97.0 Å². The van der Waals surface area contributed by atoms with E-state index in [0.29, 0.717) is 13.2 Å². The predicted molar refractivity (Wildman–Crippen MR) is 246 cm³/mol. The van der Waals surface area contributed by atoms with E-state index >= 15 is 0 Å². The third kappa shape index (κ3) is 4.87. The van der Waals surface area contributed by atoms with Gasteiger partial charge in [0.05, 0.1) is 0 Å². The van der Waals surface area contributed by atoms with E-state index in [0.717, 1.165) is 0 Å². The fraction of sp³-hybridized carbons (Fsp3) is 0.0769. The SMILES string of the molecule is Brc1ccc2ccc3cccc4ccc1c2c34.CCO[Si](OCC)(c1ccc2ccc3cccc4ccc1c2c34)c1ccc2ccc3cccc4ccc1c2c34. The van der Waals surface area contributed by atoms with Gasteiger partial charge in [-0.05, 0) is 117 Å². The molecule has 0 heterocycles. The summed E-state index contributed by atoms with van der Waals surface area (Å²) in [6, 6.07) is 59.9. The van der Waals surface area contributed by atoms with Gasteiger partial charge in [0, 0.05) is 28.1 Å². The summed E-state index contributed by atoms with van der Waals surface area (Å²) in [6.07, 6.45) is 0. The first kappa shape index (κ1) is 33.7. The van der Waals surface area contributed by atoms with Crippen LogP contribution in [0.3, 0.4) is 0 Å². The summed E-state index contributed by atoms with van der Waals surface area (Å²) in [4.78, 5) is 0. The Morgan fingerprint density at radius 2 is 0.625 bits per heavy atom. The van der Waals surface area contributed by atoms with Gasteiger partial charge < -0.3 is 8.85 Å². The van der Waals surface area contributed by atoms with E-state index in [2.05, 4.69) is 194 Å². The molecule has 12 aromatic carbocycles. The summed E-state index contributed by atoms with van der Waals surface area (Å²) in [5.74, 6) is 0. The van der Waals surface area contributed by atoms with Gasteiger partial charge >= 0.3 is 8.56 Å². The molecule has 0 bridgehead atoms. The molecule has 0 radical (unpaired) electrons. The van der Waals surface area contributed by atoms with Crippen LogP contribution < -0.4 is 10.4 Å². The maximum Gasteiger partial charge on any atom is 0.408 e. The summed E-state index contributed by atoms with van der Waals surface area (Å²) in [5, 5.41) is 25.7. The molecule has 0 unspecified atom stereocenters. The molecule has 12 rings (SSSR count). The van der Waals surface area contributed by atoms with Crippen molar-refractivity contribution < 1.29 is 8.85 Å². The van der Waals surface area contributed by atoms with Crippen LogP contribution in [0.15, 0.2) is 168 Å². The average molecular weight is 802 g/mol. The Kier molecular flexibility index (Phi) is 7.81. The number of rotatable bonds is 6. The molecular formula is C52H37BrO2Si. The summed E-state index contributed by atoms with van der Waals surface area (Å²) in [5.41, 5.74) is 0. The molecule has 56 heavy (non-hydrogen) atoms. The zero-order valence-corrected chi connectivity index (χ0v) is 33.8. The second-order valence-electron chi connectivity index (χ2n) is 14.8. The highest BCUT2D eigenvalue weighted by atomic mass is 79.9. The fourth-order valence-corrected chi connectivity index (χ4v) is 13.7. The van der Waals surface area contributed by atoms with Crippen molar-refractivity contribution >= 4 is 132 Å². The lowest BCUT2D eigenvalue weighted by molar-refractivity contribution is 0.209. The number of benzene rings is 12. The normalized spacial score (nSPS) is 12.5. The monoisotopic (exact) mass is 800 g/mol. The van der Waals surface area contributed by atoms with Gasteiger partial charge in [-0.15, -0.1) is 0 Å². The summed E-state index contributed by atoms with van der Waals surface area (Å²) in [6.45, 7) is 5.34. The van der Waals surface area contributed by atoms with E-state index < -0.39 is 8.56 Å². The standard InChI is InChI=1S/C36H28O2Si.C16H9Br/c1-3-37-39(38-4-2,31-21-17-27-13-11-23-7-5-9-25-15-19-29(31)35(27)33(23)25)32-22-18-28-14-12-24-8-6-10-26-16-20-30(32)36(28)34(24)26;17-14-9-7-12-5-4-10-2-1-3-11-6-8-13(14)16(12)15(10)11/h5-22H,3-4H2,1-2H3;1-9H. The Balaban J connectivity index is 0.000000177. The second kappa shape index (κ2) is 13.0. The minimum atomic E-state index is -3.13. The third-order valence-electron chi connectivity index (χ3n) is 11.9. The number of hydrogen-bond acceptors (Lipinski definition) is 2. The maximum absolute atomic E-state index is 6.94. The van der Waals surface area contributed by atoms with E-state index in [1.54, 1.807) is 0 Å². The van der Waals surface area contributed by atoms with E-state index in [4.69, 9.17) is 8.85 Å². The van der Waals surface area contributed by atoms with Crippen LogP contribution in [0.1, 0.15) is 13.8 Å². The number of halogens is 1. The van der Waals surface area contributed by atoms with Crippen LogP contribution in [0.5, 0.6) is 0 Å². The van der Waals surface area contributed by atoms with Gasteiger partial charge in [-0.25, -0.2) is 0 Å². The lowest BCUT2D eigenvalue weighted by Gasteiger charge is -2.33.